The van der Waals surface area contributed by atoms with Gasteiger partial charge in [-0.1, -0.05) is 36.4 Å². The van der Waals surface area contributed by atoms with Gasteiger partial charge in [-0.25, -0.2) is 8.78 Å². The number of alkyl halides is 4. The van der Waals surface area contributed by atoms with Crippen molar-refractivity contribution in [3.05, 3.63) is 70.6 Å². The van der Waals surface area contributed by atoms with E-state index in [-0.39, 0.29) is 54.7 Å². The molecule has 3 aliphatic rings. The number of esters is 1. The maximum atomic E-state index is 14.4. The Kier molecular flexibility index (Phi) is 10.8. The minimum Gasteiger partial charge on any atom is -0.469 e. The summed E-state index contributed by atoms with van der Waals surface area (Å²) in [6, 6.07) is 10.6. The van der Waals surface area contributed by atoms with Gasteiger partial charge in [0, 0.05) is 48.4 Å². The Bertz CT molecular complexity index is 1890. The van der Waals surface area contributed by atoms with E-state index in [4.69, 9.17) is 14.5 Å². The Balaban J connectivity index is 1.25. The SMILES string of the molecule is COC(=O)[C@@H]1CN(C(=O)[C@@H]2CC[C@@H]3CCN(CC(F)F)C[C@H](NC(=O)c4cc5cc(C(F)(F)P(=O)(O)O)ccc5s4)C(=O)N32)C[C@H]1c1ccccc1. The minimum atomic E-state index is -5.85. The lowest BCUT2D eigenvalue weighted by Gasteiger charge is -2.39. The number of benzene rings is 2. The van der Waals surface area contributed by atoms with Gasteiger partial charge in [-0.15, -0.1) is 11.3 Å². The Labute approximate surface area is 299 Å². The molecular weight excluding hydrogens is 731 g/mol. The topological polar surface area (TPSA) is 157 Å². The number of nitrogens with zero attached hydrogens (tertiary/aromatic N) is 3. The van der Waals surface area contributed by atoms with Crippen LogP contribution in [0.4, 0.5) is 17.6 Å². The average Bonchev–Trinajstić information content (AvgIpc) is 3.85. The fourth-order valence-corrected chi connectivity index (χ4v) is 8.93. The standard InChI is InChI=1S/C34H37F4N4O8PS/c1-50-33(46)24-16-41(15-23(24)19-5-3-2-4-6-19)32(45)26-9-8-22-11-12-40(18-29(35)36)17-25(31(44)42(22)26)39-30(43)28-14-20-13-21(7-10-27(20)52-28)34(37,38)51(47,48)49/h2-7,10,13-14,22-26,29H,8-9,11-12,15-18H2,1H3,(H,39,43)(H2,47,48,49)/t22-,23+,24-,25+,26+/m1/s1. The number of nitrogens with one attached hydrogen (secondary N) is 1. The summed E-state index contributed by atoms with van der Waals surface area (Å²) in [5.41, 5.74) is -4.56. The number of fused-ring (bicyclic) bond motifs is 2. The lowest BCUT2D eigenvalue weighted by Crippen LogP contribution is -2.61. The minimum absolute atomic E-state index is 0.0228. The molecule has 52 heavy (non-hydrogen) atoms. The highest BCUT2D eigenvalue weighted by atomic mass is 32.1. The molecule has 6 rings (SSSR count). The second-order valence-electron chi connectivity index (χ2n) is 13.3. The van der Waals surface area contributed by atoms with Crippen LogP contribution in [-0.2, 0) is 29.3 Å². The third kappa shape index (κ3) is 7.47. The molecule has 4 heterocycles. The fraction of sp³-hybridized carbons (Fsp3) is 0.471. The summed E-state index contributed by atoms with van der Waals surface area (Å²) in [4.78, 5) is 77.5. The van der Waals surface area contributed by atoms with E-state index in [1.807, 2.05) is 30.3 Å². The van der Waals surface area contributed by atoms with Crippen LogP contribution in [0.2, 0.25) is 0 Å². The maximum Gasteiger partial charge on any atom is 0.399 e. The third-order valence-electron chi connectivity index (χ3n) is 10.1. The first-order valence-electron chi connectivity index (χ1n) is 16.6. The van der Waals surface area contributed by atoms with Gasteiger partial charge in [-0.05, 0) is 48.4 Å². The van der Waals surface area contributed by atoms with Crippen molar-refractivity contribution in [1.82, 2.24) is 20.0 Å². The number of likely N-dealkylation sites (tertiary alicyclic amines) is 1. The first-order valence-corrected chi connectivity index (χ1v) is 19.0. The number of hydrogen-bond acceptors (Lipinski definition) is 8. The number of amides is 3. The van der Waals surface area contributed by atoms with Gasteiger partial charge in [-0.3, -0.25) is 28.6 Å². The molecule has 0 spiro atoms. The van der Waals surface area contributed by atoms with E-state index < -0.39 is 73.6 Å². The number of carbonyl (C=O) groups excluding carboxylic acids is 4. The smallest absolute Gasteiger partial charge is 0.399 e. The monoisotopic (exact) mass is 768 g/mol. The molecule has 0 saturated carbocycles. The van der Waals surface area contributed by atoms with Crippen LogP contribution in [0.5, 0.6) is 0 Å². The van der Waals surface area contributed by atoms with Gasteiger partial charge in [0.1, 0.15) is 12.1 Å². The van der Waals surface area contributed by atoms with Crippen LogP contribution in [-0.4, -0.2) is 113 Å². The zero-order valence-corrected chi connectivity index (χ0v) is 29.6. The fourth-order valence-electron chi connectivity index (χ4n) is 7.51. The highest BCUT2D eigenvalue weighted by Crippen LogP contribution is 2.59. The van der Waals surface area contributed by atoms with Crippen LogP contribution >= 0.6 is 18.9 Å². The van der Waals surface area contributed by atoms with Crippen molar-refractivity contribution >= 4 is 52.7 Å². The van der Waals surface area contributed by atoms with E-state index in [0.717, 1.165) is 29.0 Å². The van der Waals surface area contributed by atoms with Crippen molar-refractivity contribution in [2.45, 2.75) is 55.4 Å². The molecule has 3 saturated heterocycles. The molecule has 0 radical (unpaired) electrons. The van der Waals surface area contributed by atoms with E-state index in [0.29, 0.717) is 17.5 Å². The normalized spacial score (nSPS) is 24.5. The van der Waals surface area contributed by atoms with Crippen LogP contribution in [0.1, 0.15) is 46.0 Å². The van der Waals surface area contributed by atoms with Crippen LogP contribution in [0.15, 0.2) is 54.6 Å². The lowest BCUT2D eigenvalue weighted by atomic mass is 9.89. The van der Waals surface area contributed by atoms with Gasteiger partial charge < -0.3 is 29.6 Å². The molecule has 0 bridgehead atoms. The number of thiophene rings is 1. The van der Waals surface area contributed by atoms with Gasteiger partial charge >= 0.3 is 19.2 Å². The Morgan fingerprint density at radius 1 is 1.04 bits per heavy atom. The molecule has 18 heteroatoms. The van der Waals surface area contributed by atoms with Crippen LogP contribution < -0.4 is 5.32 Å². The summed E-state index contributed by atoms with van der Waals surface area (Å²) < 4.78 is 72.7. The van der Waals surface area contributed by atoms with E-state index in [2.05, 4.69) is 5.32 Å². The van der Waals surface area contributed by atoms with Gasteiger partial charge in [0.05, 0.1) is 24.4 Å². The predicted molar refractivity (Wildman–Crippen MR) is 181 cm³/mol. The van der Waals surface area contributed by atoms with Crippen molar-refractivity contribution in [1.29, 1.82) is 0 Å². The second kappa shape index (κ2) is 14.9. The molecule has 3 aromatic rings. The third-order valence-corrected chi connectivity index (χ3v) is 12.2. The van der Waals surface area contributed by atoms with Crippen molar-refractivity contribution in [2.24, 2.45) is 5.92 Å². The molecule has 3 fully saturated rings. The van der Waals surface area contributed by atoms with Gasteiger partial charge in [-0.2, -0.15) is 8.78 Å². The van der Waals surface area contributed by atoms with Crippen LogP contribution in [0.3, 0.4) is 0 Å². The Morgan fingerprint density at radius 3 is 2.44 bits per heavy atom. The number of rotatable bonds is 9. The van der Waals surface area contributed by atoms with Crippen LogP contribution in [0.25, 0.3) is 10.1 Å². The van der Waals surface area contributed by atoms with Crippen LogP contribution in [0, 0.1) is 5.92 Å². The summed E-state index contributed by atoms with van der Waals surface area (Å²) in [7, 11) is -4.57. The first-order chi connectivity index (χ1) is 24.6. The highest BCUT2D eigenvalue weighted by molar-refractivity contribution is 7.52. The molecule has 5 atom stereocenters. The molecule has 280 valence electrons. The molecule has 3 N–H and O–H groups in total. The van der Waals surface area contributed by atoms with Crippen molar-refractivity contribution < 1.29 is 55.8 Å². The number of carbonyl (C=O) groups is 4. The van der Waals surface area contributed by atoms with Crippen molar-refractivity contribution in [3.8, 4) is 0 Å². The molecule has 12 nitrogen and oxygen atoms in total. The maximum absolute atomic E-state index is 14.4. The highest BCUT2D eigenvalue weighted by Gasteiger charge is 2.51. The van der Waals surface area contributed by atoms with E-state index >= 15 is 0 Å². The largest absolute Gasteiger partial charge is 0.469 e. The average molecular weight is 769 g/mol. The number of halogens is 4. The molecule has 0 unspecified atom stereocenters. The Hall–Kier alpha value is -3.89. The molecule has 1 aromatic heterocycles. The van der Waals surface area contributed by atoms with E-state index in [1.54, 1.807) is 4.90 Å². The zero-order chi connectivity index (χ0) is 37.5. The van der Waals surface area contributed by atoms with Crippen molar-refractivity contribution in [3.63, 3.8) is 0 Å². The lowest BCUT2D eigenvalue weighted by molar-refractivity contribution is -0.148. The number of ether oxygens (including phenoxy) is 1. The zero-order valence-electron chi connectivity index (χ0n) is 27.9. The molecule has 0 aliphatic carbocycles. The summed E-state index contributed by atoms with van der Waals surface area (Å²) >= 11 is 0.879. The molecule has 3 amide bonds. The molecule has 2 aromatic carbocycles. The summed E-state index contributed by atoms with van der Waals surface area (Å²) in [6.07, 6.45) is -1.70. The quantitative estimate of drug-likeness (QED) is 0.167. The van der Waals surface area contributed by atoms with Gasteiger partial charge in [0.2, 0.25) is 11.8 Å². The summed E-state index contributed by atoms with van der Waals surface area (Å²) in [5.74, 6) is -3.25. The van der Waals surface area contributed by atoms with Gasteiger partial charge in [0.15, 0.2) is 0 Å². The molecule has 3 aliphatic heterocycles. The van der Waals surface area contributed by atoms with E-state index in [9.17, 15) is 41.3 Å². The van der Waals surface area contributed by atoms with Gasteiger partial charge in [0.25, 0.3) is 12.3 Å². The summed E-state index contributed by atoms with van der Waals surface area (Å²) in [5, 5.41) is 2.72. The predicted octanol–water partition coefficient (Wildman–Crippen LogP) is 3.97. The number of methoxy groups -OCH3 is 1. The summed E-state index contributed by atoms with van der Waals surface area (Å²) in [6.45, 7) is -0.494. The van der Waals surface area contributed by atoms with Crippen molar-refractivity contribution in [2.75, 3.05) is 39.8 Å². The number of hydrogen-bond donors (Lipinski definition) is 3. The second-order valence-corrected chi connectivity index (χ2v) is 16.0. The molecular formula is C34H37F4N4O8PS. The van der Waals surface area contributed by atoms with E-state index in [1.165, 1.54) is 29.0 Å². The first kappa shape index (κ1) is 37.9. The Morgan fingerprint density at radius 2 is 1.77 bits per heavy atom.